The van der Waals surface area contributed by atoms with Crippen LogP contribution in [-0.2, 0) is 0 Å². The first-order valence-corrected chi connectivity index (χ1v) is 5.63. The van der Waals surface area contributed by atoms with E-state index >= 15 is 0 Å². The number of nitrogens with zero attached hydrogens (tertiary/aromatic N) is 2. The summed E-state index contributed by atoms with van der Waals surface area (Å²) in [7, 11) is 0. The quantitative estimate of drug-likeness (QED) is 0.831. The van der Waals surface area contributed by atoms with Crippen LogP contribution in [0.4, 0.5) is 15.9 Å². The molecule has 0 amide bonds. The third-order valence-electron chi connectivity index (χ3n) is 2.45. The average molecular weight is 262 g/mol. The summed E-state index contributed by atoms with van der Waals surface area (Å²) in [6.07, 6.45) is 3.01. The van der Waals surface area contributed by atoms with E-state index < -0.39 is 0 Å². The smallest absolute Gasteiger partial charge is 0.159 e. The zero-order chi connectivity index (χ0) is 13.1. The topological polar surface area (TPSA) is 63.8 Å². The van der Waals surface area contributed by atoms with E-state index in [9.17, 15) is 4.39 Å². The molecule has 0 aliphatic heterocycles. The van der Waals surface area contributed by atoms with Crippen molar-refractivity contribution in [3.8, 4) is 0 Å². The molecule has 0 bridgehead atoms. The Bertz CT molecular complexity index is 600. The maximum Gasteiger partial charge on any atom is 0.159 e. The maximum absolute atomic E-state index is 13.4. The Morgan fingerprint density at radius 1 is 1.33 bits per heavy atom. The molecule has 0 saturated heterocycles. The highest BCUT2D eigenvalue weighted by molar-refractivity contribution is 7.80. The van der Waals surface area contributed by atoms with Gasteiger partial charge in [-0.15, -0.1) is 0 Å². The maximum atomic E-state index is 13.4. The molecule has 1 heterocycles. The standard InChI is InChI=1S/C12H11FN4S/c1-7-8(13)3-2-4-9(7)17-12-10(11(14)18)15-5-6-16-12/h2-6H,1H3,(H2,14,18)(H,16,17). The van der Waals surface area contributed by atoms with E-state index in [-0.39, 0.29) is 10.8 Å². The average Bonchev–Trinajstić information content (AvgIpc) is 2.35. The van der Waals surface area contributed by atoms with Crippen LogP contribution in [0.1, 0.15) is 11.3 Å². The van der Waals surface area contributed by atoms with Gasteiger partial charge in [-0.1, -0.05) is 18.3 Å². The largest absolute Gasteiger partial charge is 0.388 e. The van der Waals surface area contributed by atoms with Crippen LogP contribution >= 0.6 is 12.2 Å². The van der Waals surface area contributed by atoms with Gasteiger partial charge in [-0.05, 0) is 19.1 Å². The number of anilines is 2. The molecule has 4 nitrogen and oxygen atoms in total. The minimum absolute atomic E-state index is 0.139. The summed E-state index contributed by atoms with van der Waals surface area (Å²) in [5.41, 5.74) is 7.04. The van der Waals surface area contributed by atoms with Crippen LogP contribution in [0.25, 0.3) is 0 Å². The van der Waals surface area contributed by atoms with Crippen molar-refractivity contribution < 1.29 is 4.39 Å². The third kappa shape index (κ3) is 2.43. The first-order valence-electron chi connectivity index (χ1n) is 5.22. The Morgan fingerprint density at radius 3 is 2.78 bits per heavy atom. The van der Waals surface area contributed by atoms with Crippen molar-refractivity contribution in [1.82, 2.24) is 9.97 Å². The molecular formula is C12H11FN4S. The fourth-order valence-corrected chi connectivity index (χ4v) is 1.63. The Hall–Kier alpha value is -2.08. The molecule has 2 rings (SSSR count). The van der Waals surface area contributed by atoms with Crippen molar-refractivity contribution in [2.75, 3.05) is 5.32 Å². The Balaban J connectivity index is 2.40. The van der Waals surface area contributed by atoms with Gasteiger partial charge in [-0.25, -0.2) is 14.4 Å². The lowest BCUT2D eigenvalue weighted by atomic mass is 10.2. The fraction of sp³-hybridized carbons (Fsp3) is 0.0833. The lowest BCUT2D eigenvalue weighted by Crippen LogP contribution is -2.15. The second kappa shape index (κ2) is 5.05. The minimum Gasteiger partial charge on any atom is -0.388 e. The fourth-order valence-electron chi connectivity index (χ4n) is 1.48. The number of thiocarbonyl (C=S) groups is 1. The van der Waals surface area contributed by atoms with Gasteiger partial charge < -0.3 is 11.1 Å². The Labute approximate surface area is 109 Å². The van der Waals surface area contributed by atoms with Crippen molar-refractivity contribution in [3.05, 3.63) is 47.7 Å². The first-order chi connectivity index (χ1) is 8.59. The van der Waals surface area contributed by atoms with Gasteiger partial charge in [0.1, 0.15) is 16.5 Å². The molecular weight excluding hydrogens is 251 g/mol. The van der Waals surface area contributed by atoms with Gasteiger partial charge in [-0.2, -0.15) is 0 Å². The molecule has 2 aromatic rings. The van der Waals surface area contributed by atoms with E-state index in [1.807, 2.05) is 0 Å². The van der Waals surface area contributed by atoms with Gasteiger partial charge in [-0.3, -0.25) is 0 Å². The van der Waals surface area contributed by atoms with Crippen LogP contribution < -0.4 is 11.1 Å². The van der Waals surface area contributed by atoms with E-state index in [4.69, 9.17) is 18.0 Å². The number of hydrogen-bond donors (Lipinski definition) is 2. The van der Waals surface area contributed by atoms with E-state index in [0.717, 1.165) is 0 Å². The molecule has 0 saturated carbocycles. The summed E-state index contributed by atoms with van der Waals surface area (Å²) in [4.78, 5) is 8.28. The summed E-state index contributed by atoms with van der Waals surface area (Å²) in [5.74, 6) is 0.125. The van der Waals surface area contributed by atoms with Crippen molar-refractivity contribution in [3.63, 3.8) is 0 Å². The Kier molecular flexibility index (Phi) is 3.47. The molecule has 0 fully saturated rings. The summed E-state index contributed by atoms with van der Waals surface area (Å²) in [6.45, 7) is 1.68. The number of nitrogens with one attached hydrogen (secondary N) is 1. The molecule has 0 aliphatic rings. The van der Waals surface area contributed by atoms with Crippen LogP contribution in [0.5, 0.6) is 0 Å². The molecule has 0 unspecified atom stereocenters. The normalized spacial score (nSPS) is 10.1. The predicted molar refractivity (Wildman–Crippen MR) is 72.3 cm³/mol. The van der Waals surface area contributed by atoms with Gasteiger partial charge in [0.2, 0.25) is 0 Å². The molecule has 1 aromatic carbocycles. The van der Waals surface area contributed by atoms with Crippen LogP contribution in [-0.4, -0.2) is 15.0 Å². The van der Waals surface area contributed by atoms with Crippen LogP contribution in [0.2, 0.25) is 0 Å². The Morgan fingerprint density at radius 2 is 2.06 bits per heavy atom. The zero-order valence-electron chi connectivity index (χ0n) is 9.64. The van der Waals surface area contributed by atoms with Gasteiger partial charge in [0, 0.05) is 23.6 Å². The summed E-state index contributed by atoms with van der Waals surface area (Å²) < 4.78 is 13.4. The molecule has 0 spiro atoms. The lowest BCUT2D eigenvalue weighted by molar-refractivity contribution is 0.619. The molecule has 3 N–H and O–H groups in total. The molecule has 0 atom stereocenters. The van der Waals surface area contributed by atoms with Crippen molar-refractivity contribution in [1.29, 1.82) is 0 Å². The predicted octanol–water partition coefficient (Wildman–Crippen LogP) is 2.30. The van der Waals surface area contributed by atoms with Crippen LogP contribution in [0.3, 0.4) is 0 Å². The second-order valence-corrected chi connectivity index (χ2v) is 4.10. The third-order valence-corrected chi connectivity index (χ3v) is 2.65. The summed E-state index contributed by atoms with van der Waals surface area (Å²) in [6, 6.07) is 4.75. The van der Waals surface area contributed by atoms with Crippen LogP contribution in [0.15, 0.2) is 30.6 Å². The monoisotopic (exact) mass is 262 g/mol. The highest BCUT2D eigenvalue weighted by Gasteiger charge is 2.10. The lowest BCUT2D eigenvalue weighted by Gasteiger charge is -2.11. The van der Waals surface area contributed by atoms with Crippen molar-refractivity contribution in [2.24, 2.45) is 5.73 Å². The zero-order valence-corrected chi connectivity index (χ0v) is 10.5. The summed E-state index contributed by atoms with van der Waals surface area (Å²) >= 11 is 4.89. The van der Waals surface area contributed by atoms with Gasteiger partial charge >= 0.3 is 0 Å². The van der Waals surface area contributed by atoms with E-state index in [2.05, 4.69) is 15.3 Å². The number of aromatic nitrogens is 2. The van der Waals surface area contributed by atoms with Gasteiger partial charge in [0.05, 0.1) is 0 Å². The van der Waals surface area contributed by atoms with E-state index in [1.54, 1.807) is 19.1 Å². The molecule has 92 valence electrons. The number of rotatable bonds is 3. The molecule has 0 radical (unpaired) electrons. The molecule has 6 heteroatoms. The van der Waals surface area contributed by atoms with Gasteiger partial charge in [0.15, 0.2) is 5.82 Å². The highest BCUT2D eigenvalue weighted by Crippen LogP contribution is 2.22. The number of hydrogen-bond acceptors (Lipinski definition) is 4. The number of benzene rings is 1. The van der Waals surface area contributed by atoms with E-state index in [1.165, 1.54) is 18.5 Å². The number of halogens is 1. The molecule has 0 aliphatic carbocycles. The first kappa shape index (κ1) is 12.4. The minimum atomic E-state index is -0.291. The number of nitrogens with two attached hydrogens (primary N) is 1. The van der Waals surface area contributed by atoms with Gasteiger partial charge in [0.25, 0.3) is 0 Å². The molecule has 18 heavy (non-hydrogen) atoms. The molecule has 1 aromatic heterocycles. The second-order valence-electron chi connectivity index (χ2n) is 3.66. The summed E-state index contributed by atoms with van der Waals surface area (Å²) in [5, 5.41) is 2.98. The SMILES string of the molecule is Cc1c(F)cccc1Nc1nccnc1C(N)=S. The van der Waals surface area contributed by atoms with Crippen molar-refractivity contribution in [2.45, 2.75) is 6.92 Å². The highest BCUT2D eigenvalue weighted by atomic mass is 32.1. The van der Waals surface area contributed by atoms with Crippen LogP contribution in [0, 0.1) is 12.7 Å². The van der Waals surface area contributed by atoms with Crippen molar-refractivity contribution >= 4 is 28.7 Å². The van der Waals surface area contributed by atoms with E-state index in [0.29, 0.717) is 22.8 Å².